The fourth-order valence-electron chi connectivity index (χ4n) is 0. The van der Waals surface area contributed by atoms with Crippen LogP contribution in [0.15, 0.2) is 0 Å². The molecule has 0 amide bonds. The standard InChI is InChI=1S/Mg.H3O4P.H3P.Sr/c;1-5(2,3)4;;/h;(H3,1,2,3,4);1H3;/q+2;;;+2/p-3. The van der Waals surface area contributed by atoms with Crippen LogP contribution in [-0.4, -0.2) is 68.5 Å². The van der Waals surface area contributed by atoms with E-state index in [2.05, 4.69) is 0 Å². The average molecular weight is 241 g/mol. The predicted molar refractivity (Wildman–Crippen MR) is 30.2 cm³/mol. The molecular weight excluding hydrogens is 238 g/mol. The summed E-state index contributed by atoms with van der Waals surface area (Å²) in [5.41, 5.74) is 0. The van der Waals surface area contributed by atoms with E-state index in [4.69, 9.17) is 19.2 Å². The van der Waals surface area contributed by atoms with Crippen LogP contribution in [0.25, 0.3) is 0 Å². The van der Waals surface area contributed by atoms with Crippen LogP contribution in [0, 0.1) is 0 Å². The van der Waals surface area contributed by atoms with E-state index in [0.29, 0.717) is 0 Å². The van der Waals surface area contributed by atoms with Gasteiger partial charge in [0.15, 0.2) is 0 Å². The molecule has 0 aromatic carbocycles. The number of hydrogen-bond acceptors (Lipinski definition) is 4. The first-order valence-electron chi connectivity index (χ1n) is 0.730. The van der Waals surface area contributed by atoms with Crippen molar-refractivity contribution in [1.82, 2.24) is 0 Å². The van der Waals surface area contributed by atoms with Crippen molar-refractivity contribution in [3.8, 4) is 0 Å². The van der Waals surface area contributed by atoms with Crippen LogP contribution in [0.5, 0.6) is 0 Å². The Labute approximate surface area is 104 Å². The maximum Gasteiger partial charge on any atom is 2.00 e. The zero-order valence-electron chi connectivity index (χ0n) is 4.20. The summed E-state index contributed by atoms with van der Waals surface area (Å²) in [4.78, 5) is 25.6. The Hall–Kier alpha value is 2.79. The van der Waals surface area contributed by atoms with Gasteiger partial charge in [-0.15, -0.1) is 0 Å². The molecule has 0 aliphatic rings. The predicted octanol–water partition coefficient (Wildman–Crippen LogP) is -3.53. The molecule has 0 heterocycles. The van der Waals surface area contributed by atoms with Crippen molar-refractivity contribution in [2.45, 2.75) is 0 Å². The van der Waals surface area contributed by atoms with Crippen LogP contribution < -0.4 is 14.7 Å². The van der Waals surface area contributed by atoms with Crippen molar-refractivity contribution in [3.05, 3.63) is 0 Å². The molecule has 0 aliphatic heterocycles. The zero-order valence-corrected chi connectivity index (χ0v) is 11.4. The van der Waals surface area contributed by atoms with Crippen LogP contribution in [0.4, 0.5) is 0 Å². The monoisotopic (exact) mass is 241 g/mol. The van der Waals surface area contributed by atoms with E-state index >= 15 is 0 Å². The van der Waals surface area contributed by atoms with E-state index in [1.165, 1.54) is 0 Å². The zero-order chi connectivity index (χ0) is 4.50. The summed E-state index contributed by atoms with van der Waals surface area (Å²) < 4.78 is 8.55. The van der Waals surface area contributed by atoms with Crippen molar-refractivity contribution < 1.29 is 19.2 Å². The molecule has 0 aromatic heterocycles. The maximum absolute atomic E-state index is 8.55. The molecule has 8 heteroatoms. The Morgan fingerprint density at radius 1 is 1.12 bits per heavy atom. The fourth-order valence-corrected chi connectivity index (χ4v) is 0. The molecule has 0 saturated heterocycles. The molecule has 0 fully saturated rings. The van der Waals surface area contributed by atoms with Gasteiger partial charge < -0.3 is 19.2 Å². The average Bonchev–Trinajstić information content (AvgIpc) is 0.722. The SMILES string of the molecule is O=P([O-])([O-])[O-].P.[Mg+2].[Sr+2]. The topological polar surface area (TPSA) is 86.2 Å². The van der Waals surface area contributed by atoms with Crippen molar-refractivity contribution in [1.29, 1.82) is 0 Å². The Morgan fingerprint density at radius 3 is 1.12 bits per heavy atom. The van der Waals surface area contributed by atoms with E-state index < -0.39 is 7.82 Å². The van der Waals surface area contributed by atoms with Crippen LogP contribution in [0.3, 0.4) is 0 Å². The molecule has 0 bridgehead atoms. The van der Waals surface area contributed by atoms with Crippen molar-refractivity contribution in [3.63, 3.8) is 0 Å². The summed E-state index contributed by atoms with van der Waals surface area (Å²) in [5, 5.41) is 0. The summed E-state index contributed by atoms with van der Waals surface area (Å²) >= 11 is 0. The summed E-state index contributed by atoms with van der Waals surface area (Å²) in [7, 11) is -5.39. The second-order valence-electron chi connectivity index (χ2n) is 0.447. The second-order valence-corrected chi connectivity index (χ2v) is 1.34. The van der Waals surface area contributed by atoms with Gasteiger partial charge in [0.1, 0.15) is 0 Å². The second kappa shape index (κ2) is 9.79. The van der Waals surface area contributed by atoms with Crippen molar-refractivity contribution in [2.75, 3.05) is 0 Å². The fraction of sp³-hybridized carbons (Fsp3) is 0. The van der Waals surface area contributed by atoms with Gasteiger partial charge in [-0.1, -0.05) is 0 Å². The van der Waals surface area contributed by atoms with Crippen molar-refractivity contribution in [2.24, 2.45) is 0 Å². The third-order valence-corrected chi connectivity index (χ3v) is 0. The van der Waals surface area contributed by atoms with E-state index in [1.807, 2.05) is 0 Å². The first-order chi connectivity index (χ1) is 2.00. The Bertz CT molecular complexity index is 60.2. The molecule has 4 nitrogen and oxygen atoms in total. The third-order valence-electron chi connectivity index (χ3n) is 0. The van der Waals surface area contributed by atoms with Gasteiger partial charge in [0, 0.05) is 0 Å². The molecule has 0 radical (unpaired) electrons. The number of rotatable bonds is 0. The smallest absolute Gasteiger partial charge is 0.822 e. The molecule has 0 aliphatic carbocycles. The minimum atomic E-state index is -5.39. The first-order valence-corrected chi connectivity index (χ1v) is 2.19. The Morgan fingerprint density at radius 2 is 1.12 bits per heavy atom. The summed E-state index contributed by atoms with van der Waals surface area (Å²) in [6.45, 7) is 0. The van der Waals surface area contributed by atoms with Gasteiger partial charge in [0.05, 0.1) is 0 Å². The summed E-state index contributed by atoms with van der Waals surface area (Å²) in [6, 6.07) is 0. The van der Waals surface area contributed by atoms with Crippen LogP contribution in [0.1, 0.15) is 0 Å². The summed E-state index contributed by atoms with van der Waals surface area (Å²) in [5.74, 6) is 0. The molecule has 0 N–H and O–H groups in total. The molecule has 8 heavy (non-hydrogen) atoms. The van der Waals surface area contributed by atoms with Gasteiger partial charge in [0.25, 0.3) is 0 Å². The molecule has 1 atom stereocenters. The molecule has 0 spiro atoms. The number of hydrogen-bond donors (Lipinski definition) is 0. The number of phosphoric acid groups is 1. The van der Waals surface area contributed by atoms with Gasteiger partial charge in [-0.25, -0.2) is 0 Å². The van der Waals surface area contributed by atoms with Gasteiger partial charge in [0.2, 0.25) is 0 Å². The van der Waals surface area contributed by atoms with E-state index in [0.717, 1.165) is 0 Å². The third kappa shape index (κ3) is 68.6. The van der Waals surface area contributed by atoms with Crippen LogP contribution in [-0.2, 0) is 4.57 Å². The van der Waals surface area contributed by atoms with Crippen LogP contribution >= 0.6 is 17.7 Å². The maximum atomic E-state index is 8.55. The van der Waals surface area contributed by atoms with Gasteiger partial charge >= 0.3 is 68.5 Å². The Kier molecular flexibility index (Phi) is 27.4. The van der Waals surface area contributed by atoms with Crippen molar-refractivity contribution >= 4 is 86.3 Å². The quantitative estimate of drug-likeness (QED) is 0.325. The molecule has 0 saturated carbocycles. The Balaban J connectivity index is -0.0000000267. The largest absolute Gasteiger partial charge is 2.00 e. The first kappa shape index (κ1) is 22.4. The van der Waals surface area contributed by atoms with Gasteiger partial charge in [-0.05, 0) is 0 Å². The minimum Gasteiger partial charge on any atom is -0.822 e. The molecule has 0 rings (SSSR count). The normalized spacial score (nSPS) is 7.38. The van der Waals surface area contributed by atoms with Gasteiger partial charge in [-0.3, -0.25) is 0 Å². The molecule has 1 unspecified atom stereocenters. The molecule has 0 aromatic rings. The van der Waals surface area contributed by atoms with E-state index in [-0.39, 0.29) is 78.4 Å². The summed E-state index contributed by atoms with van der Waals surface area (Å²) in [6.07, 6.45) is 0. The van der Waals surface area contributed by atoms with Gasteiger partial charge in [-0.2, -0.15) is 17.7 Å². The molecule has 40 valence electrons. The van der Waals surface area contributed by atoms with E-state index in [1.54, 1.807) is 0 Å². The minimum absolute atomic E-state index is 0. The molecular formula is H3MgO4P2Sr+. The van der Waals surface area contributed by atoms with Crippen LogP contribution in [0.2, 0.25) is 0 Å². The van der Waals surface area contributed by atoms with E-state index in [9.17, 15) is 0 Å².